The molecule has 0 aromatic rings. The highest BCUT2D eigenvalue weighted by molar-refractivity contribution is 5.82. The number of carbonyl (C=O) groups is 1. The summed E-state index contributed by atoms with van der Waals surface area (Å²) in [6.07, 6.45) is 4.25. The second-order valence-corrected chi connectivity index (χ2v) is 5.95. The lowest BCUT2D eigenvalue weighted by molar-refractivity contribution is -0.132. The first-order chi connectivity index (χ1) is 7.94. The molecule has 2 N–H and O–H groups in total. The lowest BCUT2D eigenvalue weighted by Gasteiger charge is -2.27. The summed E-state index contributed by atoms with van der Waals surface area (Å²) in [7, 11) is 0. The Balaban J connectivity index is 2.56. The van der Waals surface area contributed by atoms with Crippen molar-refractivity contribution in [1.82, 2.24) is 4.90 Å². The average molecular weight is 240 g/mol. The molecule has 1 fully saturated rings. The Bertz CT molecular complexity index is 259. The van der Waals surface area contributed by atoms with Crippen LogP contribution in [0.1, 0.15) is 53.4 Å². The van der Waals surface area contributed by atoms with Gasteiger partial charge in [0.1, 0.15) is 0 Å². The van der Waals surface area contributed by atoms with Gasteiger partial charge >= 0.3 is 0 Å². The maximum Gasteiger partial charge on any atom is 0.239 e. The van der Waals surface area contributed by atoms with E-state index in [1.807, 2.05) is 4.90 Å². The van der Waals surface area contributed by atoms with Crippen LogP contribution in [-0.2, 0) is 4.79 Å². The van der Waals surface area contributed by atoms with Gasteiger partial charge in [0.15, 0.2) is 0 Å². The van der Waals surface area contributed by atoms with E-state index in [0.29, 0.717) is 11.3 Å². The van der Waals surface area contributed by atoms with Crippen molar-refractivity contribution >= 4 is 5.91 Å². The first-order valence-corrected chi connectivity index (χ1v) is 6.98. The van der Waals surface area contributed by atoms with E-state index in [1.54, 1.807) is 0 Å². The van der Waals surface area contributed by atoms with Crippen LogP contribution < -0.4 is 5.73 Å². The first kappa shape index (κ1) is 14.5. The zero-order valence-corrected chi connectivity index (χ0v) is 11.8. The standard InChI is InChI=1S/C14H28N2O/c1-5-14(6-2)7-8-16(10-14)13(17)12(15)9-11(3)4/h11-12H,5-10,15H2,1-4H3. The number of nitrogens with two attached hydrogens (primary N) is 1. The van der Waals surface area contributed by atoms with Gasteiger partial charge in [-0.05, 0) is 37.0 Å². The second kappa shape index (κ2) is 5.85. The van der Waals surface area contributed by atoms with Crippen LogP contribution in [0.4, 0.5) is 0 Å². The number of rotatable bonds is 5. The monoisotopic (exact) mass is 240 g/mol. The fraction of sp³-hybridized carbons (Fsp3) is 0.929. The van der Waals surface area contributed by atoms with Gasteiger partial charge in [-0.15, -0.1) is 0 Å². The zero-order valence-electron chi connectivity index (χ0n) is 11.8. The summed E-state index contributed by atoms with van der Waals surface area (Å²) >= 11 is 0. The molecule has 1 aliphatic heterocycles. The van der Waals surface area contributed by atoms with Gasteiger partial charge in [0.05, 0.1) is 6.04 Å². The maximum absolute atomic E-state index is 12.2. The highest BCUT2D eigenvalue weighted by atomic mass is 16.2. The number of hydrogen-bond acceptors (Lipinski definition) is 2. The van der Waals surface area contributed by atoms with Gasteiger partial charge < -0.3 is 10.6 Å². The van der Waals surface area contributed by atoms with Crippen molar-refractivity contribution in [3.05, 3.63) is 0 Å². The van der Waals surface area contributed by atoms with E-state index in [1.165, 1.54) is 0 Å². The van der Waals surface area contributed by atoms with Gasteiger partial charge in [-0.3, -0.25) is 4.79 Å². The van der Waals surface area contributed by atoms with Gasteiger partial charge in [0.25, 0.3) is 0 Å². The van der Waals surface area contributed by atoms with Gasteiger partial charge in [-0.25, -0.2) is 0 Å². The Morgan fingerprint density at radius 2 is 1.94 bits per heavy atom. The zero-order chi connectivity index (χ0) is 13.1. The minimum absolute atomic E-state index is 0.155. The topological polar surface area (TPSA) is 46.3 Å². The molecule has 3 heteroatoms. The average Bonchev–Trinajstić information content (AvgIpc) is 2.72. The van der Waals surface area contributed by atoms with Crippen LogP contribution in [0.15, 0.2) is 0 Å². The SMILES string of the molecule is CCC1(CC)CCN(C(=O)C(N)CC(C)C)C1. The predicted octanol–water partition coefficient (Wildman–Crippen LogP) is 2.40. The van der Waals surface area contributed by atoms with Crippen molar-refractivity contribution in [1.29, 1.82) is 0 Å². The smallest absolute Gasteiger partial charge is 0.239 e. The van der Waals surface area contributed by atoms with Crippen molar-refractivity contribution in [2.75, 3.05) is 13.1 Å². The largest absolute Gasteiger partial charge is 0.341 e. The van der Waals surface area contributed by atoms with Crippen molar-refractivity contribution in [2.24, 2.45) is 17.1 Å². The van der Waals surface area contributed by atoms with Crippen molar-refractivity contribution < 1.29 is 4.79 Å². The first-order valence-electron chi connectivity index (χ1n) is 6.98. The van der Waals surface area contributed by atoms with Crippen molar-refractivity contribution in [3.8, 4) is 0 Å². The van der Waals surface area contributed by atoms with Gasteiger partial charge in [0.2, 0.25) is 5.91 Å². The number of nitrogens with zero attached hydrogens (tertiary/aromatic N) is 1. The van der Waals surface area contributed by atoms with E-state index in [9.17, 15) is 4.79 Å². The number of amides is 1. The summed E-state index contributed by atoms with van der Waals surface area (Å²) in [5.41, 5.74) is 6.33. The Morgan fingerprint density at radius 1 is 1.35 bits per heavy atom. The van der Waals surface area contributed by atoms with Gasteiger partial charge in [-0.1, -0.05) is 27.7 Å². The van der Waals surface area contributed by atoms with E-state index in [4.69, 9.17) is 5.73 Å². The molecule has 0 aromatic heterocycles. The molecule has 100 valence electrons. The van der Waals surface area contributed by atoms with E-state index in [2.05, 4.69) is 27.7 Å². The van der Waals surface area contributed by atoms with Crippen LogP contribution in [0, 0.1) is 11.3 Å². The fourth-order valence-electron chi connectivity index (χ4n) is 2.79. The van der Waals surface area contributed by atoms with Crippen LogP contribution in [-0.4, -0.2) is 29.9 Å². The molecule has 0 bridgehead atoms. The highest BCUT2D eigenvalue weighted by Gasteiger charge is 2.38. The molecule has 0 saturated carbocycles. The number of likely N-dealkylation sites (tertiary alicyclic amines) is 1. The Kier molecular flexibility index (Phi) is 4.99. The molecule has 1 saturated heterocycles. The van der Waals surface area contributed by atoms with Crippen LogP contribution in [0.5, 0.6) is 0 Å². The lowest BCUT2D eigenvalue weighted by atomic mass is 9.82. The van der Waals surface area contributed by atoms with Crippen LogP contribution in [0.25, 0.3) is 0 Å². The molecule has 1 rings (SSSR count). The summed E-state index contributed by atoms with van der Waals surface area (Å²) < 4.78 is 0. The molecular formula is C14H28N2O. The molecular weight excluding hydrogens is 212 g/mol. The number of carbonyl (C=O) groups excluding carboxylic acids is 1. The molecule has 1 atom stereocenters. The Morgan fingerprint density at radius 3 is 2.35 bits per heavy atom. The summed E-state index contributed by atoms with van der Waals surface area (Å²) in [5, 5.41) is 0. The molecule has 3 nitrogen and oxygen atoms in total. The van der Waals surface area contributed by atoms with Crippen molar-refractivity contribution in [3.63, 3.8) is 0 Å². The van der Waals surface area contributed by atoms with E-state index in [0.717, 1.165) is 38.8 Å². The Labute approximate surface area is 106 Å². The Hall–Kier alpha value is -0.570. The summed E-state index contributed by atoms with van der Waals surface area (Å²) in [5.74, 6) is 0.640. The van der Waals surface area contributed by atoms with Crippen LogP contribution in [0.2, 0.25) is 0 Å². The minimum atomic E-state index is -0.306. The molecule has 1 heterocycles. The summed E-state index contributed by atoms with van der Waals surface area (Å²) in [6, 6.07) is -0.306. The van der Waals surface area contributed by atoms with E-state index >= 15 is 0 Å². The molecule has 0 radical (unpaired) electrons. The molecule has 1 aliphatic rings. The van der Waals surface area contributed by atoms with Crippen molar-refractivity contribution in [2.45, 2.75) is 59.4 Å². The normalized spacial score (nSPS) is 20.9. The summed E-state index contributed by atoms with van der Waals surface area (Å²) in [6.45, 7) is 10.5. The molecule has 1 amide bonds. The minimum Gasteiger partial charge on any atom is -0.341 e. The predicted molar refractivity (Wildman–Crippen MR) is 71.6 cm³/mol. The highest BCUT2D eigenvalue weighted by Crippen LogP contribution is 2.37. The summed E-state index contributed by atoms with van der Waals surface area (Å²) in [4.78, 5) is 14.2. The molecule has 0 aromatic carbocycles. The number of hydrogen-bond donors (Lipinski definition) is 1. The van der Waals surface area contributed by atoms with Crippen LogP contribution >= 0.6 is 0 Å². The van der Waals surface area contributed by atoms with Crippen LogP contribution in [0.3, 0.4) is 0 Å². The molecule has 17 heavy (non-hydrogen) atoms. The van der Waals surface area contributed by atoms with Gasteiger partial charge in [0, 0.05) is 13.1 Å². The van der Waals surface area contributed by atoms with E-state index in [-0.39, 0.29) is 11.9 Å². The molecule has 0 spiro atoms. The fourth-order valence-corrected chi connectivity index (χ4v) is 2.79. The quantitative estimate of drug-likeness (QED) is 0.802. The third kappa shape index (κ3) is 3.44. The van der Waals surface area contributed by atoms with Gasteiger partial charge in [-0.2, -0.15) is 0 Å². The third-order valence-electron chi connectivity index (χ3n) is 4.29. The second-order valence-electron chi connectivity index (χ2n) is 5.95. The molecule has 1 unspecified atom stereocenters. The molecule has 0 aliphatic carbocycles. The van der Waals surface area contributed by atoms with E-state index < -0.39 is 0 Å². The third-order valence-corrected chi connectivity index (χ3v) is 4.29. The lowest BCUT2D eigenvalue weighted by Crippen LogP contribution is -2.44. The maximum atomic E-state index is 12.2.